The molecule has 150 valence electrons. The van der Waals surface area contributed by atoms with Crippen molar-refractivity contribution in [3.05, 3.63) is 34.4 Å². The number of non-ortho nitro benzene ring substituents is 1. The summed E-state index contributed by atoms with van der Waals surface area (Å²) in [5.74, 6) is 0.737. The van der Waals surface area contributed by atoms with Crippen LogP contribution in [0.4, 0.5) is 11.4 Å². The maximum atomic E-state index is 12.3. The van der Waals surface area contributed by atoms with Crippen molar-refractivity contribution in [1.82, 2.24) is 15.1 Å². The molecule has 0 atom stereocenters. The Labute approximate surface area is 160 Å². The second kappa shape index (κ2) is 11.7. The lowest BCUT2D eigenvalue weighted by atomic mass is 10.3. The molecular weight excluding hydrogens is 348 g/mol. The molecule has 1 amide bonds. The van der Waals surface area contributed by atoms with Crippen molar-refractivity contribution in [3.8, 4) is 0 Å². The summed E-state index contributed by atoms with van der Waals surface area (Å²) in [6, 6.07) is 6.26. The van der Waals surface area contributed by atoms with Gasteiger partial charge in [-0.25, -0.2) is 0 Å². The Balaban J connectivity index is 2.57. The van der Waals surface area contributed by atoms with E-state index in [1.54, 1.807) is 17.0 Å². The molecule has 1 aromatic carbocycles. The lowest BCUT2D eigenvalue weighted by Crippen LogP contribution is -2.45. The first-order valence-electron chi connectivity index (χ1n) is 9.18. The van der Waals surface area contributed by atoms with Crippen LogP contribution in [0.25, 0.3) is 0 Å². The minimum atomic E-state index is -0.424. The van der Waals surface area contributed by atoms with E-state index < -0.39 is 4.92 Å². The fraction of sp³-hybridized carbons (Fsp3) is 0.556. The molecule has 0 unspecified atom stereocenters. The molecule has 0 saturated carbocycles. The number of aliphatic imine (C=N–C) groups is 1. The van der Waals surface area contributed by atoms with Gasteiger partial charge in [-0.2, -0.15) is 0 Å². The highest BCUT2D eigenvalue weighted by molar-refractivity contribution is 5.86. The number of carbonyl (C=O) groups excluding carboxylic acids is 1. The number of hydrogen-bond donors (Lipinski definition) is 2. The van der Waals surface area contributed by atoms with E-state index in [2.05, 4.69) is 15.6 Å². The van der Waals surface area contributed by atoms with Crippen molar-refractivity contribution >= 4 is 23.2 Å². The van der Waals surface area contributed by atoms with Crippen molar-refractivity contribution in [3.63, 3.8) is 0 Å². The van der Waals surface area contributed by atoms with Crippen LogP contribution < -0.4 is 10.6 Å². The van der Waals surface area contributed by atoms with Crippen LogP contribution in [0, 0.1) is 10.1 Å². The molecule has 0 fully saturated rings. The summed E-state index contributed by atoms with van der Waals surface area (Å²) < 4.78 is 0. The zero-order chi connectivity index (χ0) is 20.2. The van der Waals surface area contributed by atoms with Gasteiger partial charge in [-0.3, -0.25) is 19.9 Å². The molecule has 2 N–H and O–H groups in total. The monoisotopic (exact) mass is 378 g/mol. The molecule has 0 saturated heterocycles. The summed E-state index contributed by atoms with van der Waals surface area (Å²) in [5, 5.41) is 17.0. The van der Waals surface area contributed by atoms with Gasteiger partial charge in [0.05, 0.1) is 18.0 Å². The van der Waals surface area contributed by atoms with Crippen LogP contribution in [-0.4, -0.2) is 72.9 Å². The Morgan fingerprint density at radius 3 is 2.33 bits per heavy atom. The molecule has 0 radical (unpaired) electrons. The quantitative estimate of drug-likeness (QED) is 0.211. The van der Waals surface area contributed by atoms with Crippen LogP contribution >= 0.6 is 0 Å². The number of nitrogens with zero attached hydrogens (tertiary/aromatic N) is 4. The molecule has 9 nitrogen and oxygen atoms in total. The topological polar surface area (TPSA) is 103 Å². The predicted octanol–water partition coefficient (Wildman–Crippen LogP) is 1.77. The van der Waals surface area contributed by atoms with Crippen LogP contribution in [0.15, 0.2) is 29.3 Å². The van der Waals surface area contributed by atoms with E-state index in [1.807, 2.05) is 32.7 Å². The summed E-state index contributed by atoms with van der Waals surface area (Å²) >= 11 is 0. The number of nitrogens with one attached hydrogen (secondary N) is 2. The Morgan fingerprint density at radius 1 is 1.19 bits per heavy atom. The highest BCUT2D eigenvalue weighted by Gasteiger charge is 2.14. The van der Waals surface area contributed by atoms with Gasteiger partial charge in [0.2, 0.25) is 5.91 Å². The molecule has 0 heterocycles. The summed E-state index contributed by atoms with van der Waals surface area (Å²) in [7, 11) is 1.84. The van der Waals surface area contributed by atoms with Gasteiger partial charge >= 0.3 is 0 Å². The summed E-state index contributed by atoms with van der Waals surface area (Å²) in [5.41, 5.74) is 0.860. The molecule has 0 spiro atoms. The van der Waals surface area contributed by atoms with Crippen LogP contribution in [-0.2, 0) is 4.79 Å². The number of guanidine groups is 1. The van der Waals surface area contributed by atoms with Gasteiger partial charge < -0.3 is 20.4 Å². The number of anilines is 1. The summed E-state index contributed by atoms with van der Waals surface area (Å²) in [6.45, 7) is 9.33. The number of amides is 1. The number of benzene rings is 1. The first kappa shape index (κ1) is 22.2. The molecule has 1 rings (SSSR count). The predicted molar refractivity (Wildman–Crippen MR) is 108 cm³/mol. The van der Waals surface area contributed by atoms with Gasteiger partial charge in [0.1, 0.15) is 0 Å². The average molecular weight is 378 g/mol. The smallest absolute Gasteiger partial charge is 0.269 e. The molecule has 0 bridgehead atoms. The SMILES string of the molecule is CCNC(=NCCNc1ccc([N+](=O)[O-])cc1)N(C)CC(=O)N(CC)CC. The number of likely N-dealkylation sites (N-methyl/N-ethyl adjacent to an activating group) is 2. The van der Waals surface area contributed by atoms with E-state index in [4.69, 9.17) is 0 Å². The largest absolute Gasteiger partial charge is 0.383 e. The Hall–Kier alpha value is -2.84. The van der Waals surface area contributed by atoms with E-state index in [0.717, 1.165) is 5.69 Å². The van der Waals surface area contributed by atoms with E-state index in [9.17, 15) is 14.9 Å². The molecule has 27 heavy (non-hydrogen) atoms. The van der Waals surface area contributed by atoms with Crippen molar-refractivity contribution < 1.29 is 9.72 Å². The minimum absolute atomic E-state index is 0.0625. The highest BCUT2D eigenvalue weighted by atomic mass is 16.6. The lowest BCUT2D eigenvalue weighted by molar-refractivity contribution is -0.384. The van der Waals surface area contributed by atoms with E-state index in [1.165, 1.54) is 12.1 Å². The zero-order valence-electron chi connectivity index (χ0n) is 16.6. The normalized spacial score (nSPS) is 11.0. The average Bonchev–Trinajstić information content (AvgIpc) is 2.65. The fourth-order valence-electron chi connectivity index (χ4n) is 2.49. The number of hydrogen-bond acceptors (Lipinski definition) is 5. The van der Waals surface area contributed by atoms with Gasteiger partial charge in [-0.15, -0.1) is 0 Å². The number of nitro groups is 1. The van der Waals surface area contributed by atoms with Crippen molar-refractivity contribution in [2.45, 2.75) is 20.8 Å². The first-order valence-corrected chi connectivity index (χ1v) is 9.18. The molecule has 9 heteroatoms. The molecule has 0 aromatic heterocycles. The molecule has 0 aliphatic carbocycles. The molecule has 0 aliphatic heterocycles. The van der Waals surface area contributed by atoms with Gasteiger partial charge in [0.15, 0.2) is 5.96 Å². The number of rotatable bonds is 10. The minimum Gasteiger partial charge on any atom is -0.383 e. The van der Waals surface area contributed by atoms with Crippen molar-refractivity contribution in [2.24, 2.45) is 4.99 Å². The second-order valence-electron chi connectivity index (χ2n) is 5.89. The number of carbonyl (C=O) groups is 1. The van der Waals surface area contributed by atoms with Crippen LogP contribution in [0.3, 0.4) is 0 Å². The number of nitro benzene ring substituents is 1. The van der Waals surface area contributed by atoms with E-state index in [-0.39, 0.29) is 18.1 Å². The zero-order valence-corrected chi connectivity index (χ0v) is 16.6. The first-order chi connectivity index (χ1) is 12.9. The standard InChI is InChI=1S/C18H30N6O3/c1-5-19-18(22(4)14-17(25)23(6-2)7-3)21-13-12-20-15-8-10-16(11-9-15)24(26)27/h8-11,20H,5-7,12-14H2,1-4H3,(H,19,21). The third-order valence-corrected chi connectivity index (χ3v) is 3.97. The van der Waals surface area contributed by atoms with Gasteiger partial charge in [-0.1, -0.05) is 0 Å². The third kappa shape index (κ3) is 7.51. The lowest BCUT2D eigenvalue weighted by Gasteiger charge is -2.25. The molecule has 0 aliphatic rings. The van der Waals surface area contributed by atoms with Gasteiger partial charge in [-0.05, 0) is 32.9 Å². The second-order valence-corrected chi connectivity index (χ2v) is 5.89. The Morgan fingerprint density at radius 2 is 1.81 bits per heavy atom. The van der Waals surface area contributed by atoms with Crippen LogP contribution in [0.5, 0.6) is 0 Å². The third-order valence-electron chi connectivity index (χ3n) is 3.97. The summed E-state index contributed by atoms with van der Waals surface area (Å²) in [4.78, 5) is 30.6. The van der Waals surface area contributed by atoms with Crippen LogP contribution in [0.2, 0.25) is 0 Å². The van der Waals surface area contributed by atoms with Gasteiger partial charge in [0.25, 0.3) is 5.69 Å². The molecular formula is C18H30N6O3. The Kier molecular flexibility index (Phi) is 9.63. The highest BCUT2D eigenvalue weighted by Crippen LogP contribution is 2.14. The maximum Gasteiger partial charge on any atom is 0.269 e. The van der Waals surface area contributed by atoms with E-state index >= 15 is 0 Å². The maximum absolute atomic E-state index is 12.3. The van der Waals surface area contributed by atoms with Crippen molar-refractivity contribution in [2.75, 3.05) is 51.6 Å². The molecule has 1 aromatic rings. The van der Waals surface area contributed by atoms with Gasteiger partial charge in [0, 0.05) is 51.0 Å². The summed E-state index contributed by atoms with van der Waals surface area (Å²) in [6.07, 6.45) is 0. The van der Waals surface area contributed by atoms with E-state index in [0.29, 0.717) is 38.7 Å². The van der Waals surface area contributed by atoms with Crippen LogP contribution in [0.1, 0.15) is 20.8 Å². The Bertz CT molecular complexity index is 628. The fourth-order valence-corrected chi connectivity index (χ4v) is 2.49. The van der Waals surface area contributed by atoms with Crippen molar-refractivity contribution in [1.29, 1.82) is 0 Å².